The molecule has 1 unspecified atom stereocenters. The van der Waals surface area contributed by atoms with Gasteiger partial charge in [-0.3, -0.25) is 0 Å². The third-order valence-corrected chi connectivity index (χ3v) is 2.61. The van der Waals surface area contributed by atoms with E-state index in [1.165, 1.54) is 0 Å². The summed E-state index contributed by atoms with van der Waals surface area (Å²) in [5.74, 6) is 0. The van der Waals surface area contributed by atoms with Gasteiger partial charge in [-0.2, -0.15) is 0 Å². The van der Waals surface area contributed by atoms with Crippen molar-refractivity contribution in [2.24, 2.45) is 0 Å². The Morgan fingerprint density at radius 3 is 3.07 bits per heavy atom. The molecule has 0 saturated heterocycles. The first-order valence-corrected chi connectivity index (χ1v) is 5.55. The Morgan fingerprint density at radius 2 is 2.40 bits per heavy atom. The van der Waals surface area contributed by atoms with Crippen molar-refractivity contribution < 1.29 is 5.11 Å². The van der Waals surface area contributed by atoms with Gasteiger partial charge in [0.25, 0.3) is 0 Å². The van der Waals surface area contributed by atoms with Crippen LogP contribution in [0, 0.1) is 0 Å². The molecule has 1 aromatic rings. The van der Waals surface area contributed by atoms with Gasteiger partial charge in [-0.1, -0.05) is 17.7 Å². The van der Waals surface area contributed by atoms with Crippen molar-refractivity contribution >= 4 is 11.6 Å². The minimum absolute atomic E-state index is 0.250. The maximum absolute atomic E-state index is 8.69. The van der Waals surface area contributed by atoms with Gasteiger partial charge in [-0.15, -0.1) is 0 Å². The molecule has 84 valence electrons. The number of rotatable bonds is 6. The van der Waals surface area contributed by atoms with Gasteiger partial charge < -0.3 is 10.4 Å². The Balaban J connectivity index is 2.33. The summed E-state index contributed by atoms with van der Waals surface area (Å²) >= 11 is 5.92. The Hall–Kier alpha value is -0.640. The van der Waals surface area contributed by atoms with Gasteiger partial charge in [0.2, 0.25) is 0 Å². The van der Waals surface area contributed by atoms with Crippen LogP contribution in [0.1, 0.15) is 25.3 Å². The summed E-state index contributed by atoms with van der Waals surface area (Å²) in [5, 5.41) is 12.6. The van der Waals surface area contributed by atoms with E-state index in [2.05, 4.69) is 17.2 Å². The first-order chi connectivity index (χ1) is 7.24. The molecule has 2 N–H and O–H groups in total. The van der Waals surface area contributed by atoms with Crippen molar-refractivity contribution in [3.8, 4) is 0 Å². The standard InChI is InChI=1S/C11H17ClN2O/c1-9(4-3-7-15)14-8-10-5-2-6-13-11(10)12/h2,5-6,9,14-15H,3-4,7-8H2,1H3. The smallest absolute Gasteiger partial charge is 0.133 e. The second kappa shape index (κ2) is 6.77. The zero-order chi connectivity index (χ0) is 11.1. The monoisotopic (exact) mass is 228 g/mol. The van der Waals surface area contributed by atoms with Crippen LogP contribution in [0.3, 0.4) is 0 Å². The number of aliphatic hydroxyl groups is 1. The van der Waals surface area contributed by atoms with Gasteiger partial charge in [0, 0.05) is 31.0 Å². The molecule has 0 aliphatic carbocycles. The van der Waals surface area contributed by atoms with Crippen molar-refractivity contribution in [1.29, 1.82) is 0 Å². The quantitative estimate of drug-likeness (QED) is 0.732. The van der Waals surface area contributed by atoms with Gasteiger partial charge in [0.15, 0.2) is 0 Å². The lowest BCUT2D eigenvalue weighted by atomic mass is 10.2. The zero-order valence-electron chi connectivity index (χ0n) is 8.91. The Labute approximate surface area is 95.5 Å². The molecule has 4 heteroatoms. The van der Waals surface area contributed by atoms with Crippen LogP contribution in [0.15, 0.2) is 18.3 Å². The van der Waals surface area contributed by atoms with Crippen LogP contribution in [0.5, 0.6) is 0 Å². The van der Waals surface area contributed by atoms with Crippen molar-refractivity contribution in [2.75, 3.05) is 6.61 Å². The zero-order valence-corrected chi connectivity index (χ0v) is 9.67. The molecule has 3 nitrogen and oxygen atoms in total. The number of nitrogens with zero attached hydrogens (tertiary/aromatic N) is 1. The van der Waals surface area contributed by atoms with Crippen LogP contribution in [0.25, 0.3) is 0 Å². The normalized spacial score (nSPS) is 12.7. The summed E-state index contributed by atoms with van der Waals surface area (Å²) in [7, 11) is 0. The van der Waals surface area contributed by atoms with Crippen LogP contribution < -0.4 is 5.32 Å². The molecule has 0 spiro atoms. The molecule has 0 amide bonds. The highest BCUT2D eigenvalue weighted by atomic mass is 35.5. The molecular weight excluding hydrogens is 212 g/mol. The molecule has 0 saturated carbocycles. The summed E-state index contributed by atoms with van der Waals surface area (Å²) in [6.07, 6.45) is 3.48. The molecule has 0 fully saturated rings. The average molecular weight is 229 g/mol. The Bertz CT molecular complexity index is 294. The molecule has 0 bridgehead atoms. The number of hydrogen-bond donors (Lipinski definition) is 2. The first kappa shape index (κ1) is 12.4. The van der Waals surface area contributed by atoms with E-state index in [-0.39, 0.29) is 6.61 Å². The van der Waals surface area contributed by atoms with E-state index in [0.29, 0.717) is 11.2 Å². The van der Waals surface area contributed by atoms with Gasteiger partial charge in [-0.25, -0.2) is 4.98 Å². The molecule has 0 aliphatic heterocycles. The fourth-order valence-corrected chi connectivity index (χ4v) is 1.52. The van der Waals surface area contributed by atoms with Gasteiger partial charge in [0.05, 0.1) is 0 Å². The van der Waals surface area contributed by atoms with E-state index >= 15 is 0 Å². The third-order valence-electron chi connectivity index (χ3n) is 2.27. The average Bonchev–Trinajstić information content (AvgIpc) is 2.25. The van der Waals surface area contributed by atoms with Crippen LogP contribution in [0.4, 0.5) is 0 Å². The highest BCUT2D eigenvalue weighted by molar-refractivity contribution is 6.30. The predicted molar refractivity (Wildman–Crippen MR) is 61.9 cm³/mol. The van der Waals surface area contributed by atoms with E-state index in [1.54, 1.807) is 6.20 Å². The summed E-state index contributed by atoms with van der Waals surface area (Å²) in [4.78, 5) is 4.00. The minimum Gasteiger partial charge on any atom is -0.396 e. The molecule has 0 aromatic carbocycles. The highest BCUT2D eigenvalue weighted by Crippen LogP contribution is 2.11. The molecule has 0 radical (unpaired) electrons. The van der Waals surface area contributed by atoms with Crippen LogP contribution in [0.2, 0.25) is 5.15 Å². The molecule has 1 aromatic heterocycles. The lowest BCUT2D eigenvalue weighted by molar-refractivity contribution is 0.276. The van der Waals surface area contributed by atoms with Crippen molar-refractivity contribution in [2.45, 2.75) is 32.4 Å². The van der Waals surface area contributed by atoms with E-state index in [4.69, 9.17) is 16.7 Å². The number of aliphatic hydroxyl groups excluding tert-OH is 1. The minimum atomic E-state index is 0.250. The number of pyridine rings is 1. The maximum Gasteiger partial charge on any atom is 0.133 e. The number of aromatic nitrogens is 1. The van der Waals surface area contributed by atoms with E-state index in [9.17, 15) is 0 Å². The summed E-state index contributed by atoms with van der Waals surface area (Å²) in [6, 6.07) is 4.22. The van der Waals surface area contributed by atoms with E-state index < -0.39 is 0 Å². The predicted octanol–water partition coefficient (Wildman–Crippen LogP) is 1.99. The molecule has 1 atom stereocenters. The first-order valence-electron chi connectivity index (χ1n) is 5.17. The summed E-state index contributed by atoms with van der Waals surface area (Å²) < 4.78 is 0. The topological polar surface area (TPSA) is 45.1 Å². The molecule has 15 heavy (non-hydrogen) atoms. The van der Waals surface area contributed by atoms with Gasteiger partial charge in [-0.05, 0) is 25.8 Å². The summed E-state index contributed by atoms with van der Waals surface area (Å²) in [5.41, 5.74) is 1.01. The fraction of sp³-hybridized carbons (Fsp3) is 0.545. The number of nitrogens with one attached hydrogen (secondary N) is 1. The molecule has 0 aliphatic rings. The van der Waals surface area contributed by atoms with Crippen LogP contribution >= 0.6 is 11.6 Å². The summed E-state index contributed by atoms with van der Waals surface area (Å²) in [6.45, 7) is 3.07. The van der Waals surface area contributed by atoms with Crippen molar-refractivity contribution in [1.82, 2.24) is 10.3 Å². The number of hydrogen-bond acceptors (Lipinski definition) is 3. The van der Waals surface area contributed by atoms with Crippen molar-refractivity contribution in [3.63, 3.8) is 0 Å². The SMILES string of the molecule is CC(CCCO)NCc1cccnc1Cl. The van der Waals surface area contributed by atoms with E-state index in [0.717, 1.165) is 24.9 Å². The van der Waals surface area contributed by atoms with Crippen LogP contribution in [-0.2, 0) is 6.54 Å². The van der Waals surface area contributed by atoms with Gasteiger partial charge >= 0.3 is 0 Å². The van der Waals surface area contributed by atoms with E-state index in [1.807, 2.05) is 12.1 Å². The third kappa shape index (κ3) is 4.60. The molecule has 1 rings (SSSR count). The fourth-order valence-electron chi connectivity index (χ4n) is 1.33. The maximum atomic E-state index is 8.69. The lowest BCUT2D eigenvalue weighted by Gasteiger charge is -2.13. The van der Waals surface area contributed by atoms with Crippen LogP contribution in [-0.4, -0.2) is 22.7 Å². The lowest BCUT2D eigenvalue weighted by Crippen LogP contribution is -2.25. The number of halogens is 1. The second-order valence-electron chi connectivity index (χ2n) is 3.60. The van der Waals surface area contributed by atoms with Crippen molar-refractivity contribution in [3.05, 3.63) is 29.0 Å². The van der Waals surface area contributed by atoms with Gasteiger partial charge in [0.1, 0.15) is 5.15 Å². The Kier molecular flexibility index (Phi) is 5.61. The molecular formula is C11H17ClN2O. The Morgan fingerprint density at radius 1 is 1.60 bits per heavy atom. The largest absolute Gasteiger partial charge is 0.396 e. The molecule has 1 heterocycles. The second-order valence-corrected chi connectivity index (χ2v) is 3.96. The highest BCUT2D eigenvalue weighted by Gasteiger charge is 2.03.